The van der Waals surface area contributed by atoms with Crippen molar-refractivity contribution in [2.24, 2.45) is 0 Å². The summed E-state index contributed by atoms with van der Waals surface area (Å²) in [6, 6.07) is 14.2. The normalized spacial score (nSPS) is 12.4. The number of phenols is 1. The van der Waals surface area contributed by atoms with Gasteiger partial charge in [0, 0.05) is 5.56 Å². The molecule has 1 aliphatic carbocycles. The molecule has 0 aliphatic heterocycles. The van der Waals surface area contributed by atoms with Crippen molar-refractivity contribution in [3.05, 3.63) is 71.3 Å². The van der Waals surface area contributed by atoms with Crippen molar-refractivity contribution in [2.75, 3.05) is 0 Å². The predicted molar refractivity (Wildman–Crippen MR) is 77.7 cm³/mol. The number of ketones is 2. The van der Waals surface area contributed by atoms with Crippen molar-refractivity contribution in [2.45, 2.75) is 6.92 Å². The number of hydrogen-bond donors (Lipinski definition) is 1. The first kappa shape index (κ1) is 13.7. The number of fused-ring (bicyclic) bond motifs is 1. The molecule has 2 aromatic rings. The molecule has 0 radical (unpaired) electrons. The van der Waals surface area contributed by atoms with Crippen LogP contribution in [-0.4, -0.2) is 16.7 Å². The maximum Gasteiger partial charge on any atom is 0.233 e. The molecule has 0 bridgehead atoms. The molecule has 0 saturated heterocycles. The van der Waals surface area contributed by atoms with Gasteiger partial charge in [0.2, 0.25) is 11.6 Å². The topological polar surface area (TPSA) is 54.4 Å². The van der Waals surface area contributed by atoms with Crippen LogP contribution in [0.25, 0.3) is 6.08 Å². The summed E-state index contributed by atoms with van der Waals surface area (Å²) in [5.74, 6) is -0.516. The van der Waals surface area contributed by atoms with Crippen LogP contribution in [0.3, 0.4) is 0 Å². The van der Waals surface area contributed by atoms with Crippen molar-refractivity contribution in [1.29, 1.82) is 0 Å². The van der Waals surface area contributed by atoms with Gasteiger partial charge in [-0.1, -0.05) is 48.0 Å². The van der Waals surface area contributed by atoms with Crippen LogP contribution in [-0.2, 0) is 4.79 Å². The molecule has 0 heterocycles. The van der Waals surface area contributed by atoms with Gasteiger partial charge in [-0.25, -0.2) is 0 Å². The van der Waals surface area contributed by atoms with E-state index in [0.717, 1.165) is 5.56 Å². The Morgan fingerprint density at radius 2 is 1.50 bits per heavy atom. The van der Waals surface area contributed by atoms with E-state index >= 15 is 0 Å². The Kier molecular flexibility index (Phi) is 4.11. The van der Waals surface area contributed by atoms with E-state index in [1.807, 2.05) is 31.2 Å². The molecule has 3 rings (SSSR count). The number of Topliss-reactive ketones (excluding diaryl/α,β-unsaturated/α-hetero) is 1. The summed E-state index contributed by atoms with van der Waals surface area (Å²) in [7, 11) is 0. The first-order valence-electron chi connectivity index (χ1n) is 6.19. The smallest absolute Gasteiger partial charge is 0.233 e. The molecule has 100 valence electrons. The SMILES string of the molecule is Cc1ccc(O)cc1.O=C1C=Cc2ccccc2C1=O. The van der Waals surface area contributed by atoms with Crippen LogP contribution in [0.1, 0.15) is 21.5 Å². The lowest BCUT2D eigenvalue weighted by Gasteiger charge is -2.06. The largest absolute Gasteiger partial charge is 0.508 e. The van der Waals surface area contributed by atoms with E-state index in [1.165, 1.54) is 11.6 Å². The standard InChI is InChI=1S/C10H6O2.C7H8O/c11-9-6-5-7-3-1-2-4-8(7)10(9)12;1-6-2-4-7(8)5-3-6/h1-6H;2-5,8H,1H3. The molecule has 2 aromatic carbocycles. The van der Waals surface area contributed by atoms with E-state index in [-0.39, 0.29) is 0 Å². The molecule has 20 heavy (non-hydrogen) atoms. The summed E-state index contributed by atoms with van der Waals surface area (Å²) >= 11 is 0. The molecule has 0 atom stereocenters. The summed E-state index contributed by atoms with van der Waals surface area (Å²) in [5, 5.41) is 8.76. The van der Waals surface area contributed by atoms with E-state index in [0.29, 0.717) is 11.3 Å². The van der Waals surface area contributed by atoms with Crippen LogP contribution in [0.5, 0.6) is 5.75 Å². The van der Waals surface area contributed by atoms with Gasteiger partial charge in [0.1, 0.15) is 5.75 Å². The summed E-state index contributed by atoms with van der Waals surface area (Å²) in [4.78, 5) is 22.1. The number of carbonyl (C=O) groups is 2. The Balaban J connectivity index is 0.000000160. The first-order valence-corrected chi connectivity index (χ1v) is 6.19. The fourth-order valence-electron chi connectivity index (χ4n) is 1.77. The van der Waals surface area contributed by atoms with Gasteiger partial charge in [-0.15, -0.1) is 0 Å². The lowest BCUT2D eigenvalue weighted by molar-refractivity contribution is -0.110. The van der Waals surface area contributed by atoms with Gasteiger partial charge < -0.3 is 5.11 Å². The number of allylic oxidation sites excluding steroid dienone is 1. The summed E-state index contributed by atoms with van der Waals surface area (Å²) < 4.78 is 0. The molecule has 0 amide bonds. The van der Waals surface area contributed by atoms with E-state index in [4.69, 9.17) is 5.11 Å². The zero-order chi connectivity index (χ0) is 14.5. The average Bonchev–Trinajstić information content (AvgIpc) is 2.47. The molecular formula is C17H14O3. The minimum absolute atomic E-state index is 0.329. The molecular weight excluding hydrogens is 252 g/mol. The predicted octanol–water partition coefficient (Wildman–Crippen LogP) is 3.17. The second kappa shape index (κ2) is 5.97. The summed E-state index contributed by atoms with van der Waals surface area (Å²) in [5.41, 5.74) is 2.50. The second-order valence-corrected chi connectivity index (χ2v) is 4.45. The van der Waals surface area contributed by atoms with E-state index in [1.54, 1.807) is 30.3 Å². The number of hydrogen-bond acceptors (Lipinski definition) is 3. The van der Waals surface area contributed by atoms with Crippen LogP contribution in [0, 0.1) is 6.92 Å². The lowest BCUT2D eigenvalue weighted by atomic mass is 9.96. The molecule has 0 aromatic heterocycles. The summed E-state index contributed by atoms with van der Waals surface area (Å²) in [6.07, 6.45) is 2.98. The minimum atomic E-state index is -0.436. The van der Waals surface area contributed by atoms with Crippen molar-refractivity contribution in [1.82, 2.24) is 0 Å². The van der Waals surface area contributed by atoms with Gasteiger partial charge in [0.05, 0.1) is 0 Å². The van der Waals surface area contributed by atoms with Crippen LogP contribution in [0.2, 0.25) is 0 Å². The molecule has 1 N–H and O–H groups in total. The van der Waals surface area contributed by atoms with E-state index in [9.17, 15) is 9.59 Å². The zero-order valence-electron chi connectivity index (χ0n) is 11.0. The average molecular weight is 266 g/mol. The lowest BCUT2D eigenvalue weighted by Crippen LogP contribution is -2.15. The maximum atomic E-state index is 11.2. The Morgan fingerprint density at radius 1 is 0.850 bits per heavy atom. The van der Waals surface area contributed by atoms with E-state index in [2.05, 4.69) is 0 Å². The highest BCUT2D eigenvalue weighted by atomic mass is 16.3. The maximum absolute atomic E-state index is 11.2. The van der Waals surface area contributed by atoms with Crippen molar-refractivity contribution < 1.29 is 14.7 Å². The molecule has 3 nitrogen and oxygen atoms in total. The number of carbonyl (C=O) groups excluding carboxylic acids is 2. The minimum Gasteiger partial charge on any atom is -0.508 e. The van der Waals surface area contributed by atoms with E-state index < -0.39 is 11.6 Å². The highest BCUT2D eigenvalue weighted by molar-refractivity contribution is 6.49. The fourth-order valence-corrected chi connectivity index (χ4v) is 1.77. The van der Waals surface area contributed by atoms with Gasteiger partial charge in [-0.3, -0.25) is 9.59 Å². The highest BCUT2D eigenvalue weighted by Crippen LogP contribution is 2.16. The van der Waals surface area contributed by atoms with Gasteiger partial charge in [-0.2, -0.15) is 0 Å². The van der Waals surface area contributed by atoms with Gasteiger partial charge in [0.25, 0.3) is 0 Å². The molecule has 1 aliphatic rings. The van der Waals surface area contributed by atoms with Gasteiger partial charge in [-0.05, 0) is 30.7 Å². The van der Waals surface area contributed by atoms with Gasteiger partial charge >= 0.3 is 0 Å². The Morgan fingerprint density at radius 3 is 2.15 bits per heavy atom. The van der Waals surface area contributed by atoms with Crippen molar-refractivity contribution in [3.8, 4) is 5.75 Å². The van der Waals surface area contributed by atoms with Crippen LogP contribution in [0.4, 0.5) is 0 Å². The Bertz CT molecular complexity index is 646. The van der Waals surface area contributed by atoms with Crippen LogP contribution in [0.15, 0.2) is 54.6 Å². The third kappa shape index (κ3) is 3.20. The monoisotopic (exact) mass is 266 g/mol. The quantitative estimate of drug-likeness (QED) is 0.745. The number of benzene rings is 2. The molecule has 0 spiro atoms. The third-order valence-electron chi connectivity index (χ3n) is 2.88. The molecule has 0 saturated carbocycles. The highest BCUT2D eigenvalue weighted by Gasteiger charge is 2.19. The molecule has 0 fully saturated rings. The number of aryl methyl sites for hydroxylation is 1. The molecule has 0 unspecified atom stereocenters. The zero-order valence-corrected chi connectivity index (χ0v) is 11.0. The number of phenolic OH excluding ortho intramolecular Hbond substituents is 1. The fraction of sp³-hybridized carbons (Fsp3) is 0.0588. The Hall–Kier alpha value is -2.68. The molecule has 3 heteroatoms. The second-order valence-electron chi connectivity index (χ2n) is 4.45. The Labute approximate surface area is 117 Å². The number of aromatic hydroxyl groups is 1. The van der Waals surface area contributed by atoms with Crippen molar-refractivity contribution in [3.63, 3.8) is 0 Å². The number of rotatable bonds is 0. The first-order chi connectivity index (χ1) is 9.58. The summed E-state index contributed by atoms with van der Waals surface area (Å²) in [6.45, 7) is 1.99. The van der Waals surface area contributed by atoms with Crippen LogP contribution < -0.4 is 0 Å². The van der Waals surface area contributed by atoms with Crippen molar-refractivity contribution >= 4 is 17.6 Å². The van der Waals surface area contributed by atoms with Gasteiger partial charge in [0.15, 0.2) is 0 Å². The third-order valence-corrected chi connectivity index (χ3v) is 2.88. The van der Waals surface area contributed by atoms with Crippen LogP contribution >= 0.6 is 0 Å².